The molecule has 1 saturated heterocycles. The van der Waals surface area contributed by atoms with E-state index in [4.69, 9.17) is 0 Å². The summed E-state index contributed by atoms with van der Waals surface area (Å²) in [5.41, 5.74) is 3.70. The molecule has 116 valence electrons. The van der Waals surface area contributed by atoms with Crippen LogP contribution in [0.5, 0.6) is 0 Å². The maximum atomic E-state index is 12.0. The lowest BCUT2D eigenvalue weighted by Gasteiger charge is -2.23. The molecule has 1 fully saturated rings. The van der Waals surface area contributed by atoms with Gasteiger partial charge in [0.15, 0.2) is 0 Å². The average molecular weight is 288 g/mol. The molecule has 0 aromatic heterocycles. The first kappa shape index (κ1) is 16.0. The van der Waals surface area contributed by atoms with Crippen molar-refractivity contribution in [1.82, 2.24) is 10.2 Å². The van der Waals surface area contributed by atoms with Crippen LogP contribution in [0.1, 0.15) is 49.3 Å². The number of nitrogens with zero attached hydrogens (tertiary/aromatic N) is 1. The molecule has 3 nitrogen and oxygen atoms in total. The van der Waals surface area contributed by atoms with Gasteiger partial charge in [-0.1, -0.05) is 23.8 Å². The zero-order valence-corrected chi connectivity index (χ0v) is 13.6. The van der Waals surface area contributed by atoms with Gasteiger partial charge in [0.2, 0.25) is 5.91 Å². The predicted molar refractivity (Wildman–Crippen MR) is 87.3 cm³/mol. The van der Waals surface area contributed by atoms with E-state index in [1.54, 1.807) is 0 Å². The highest BCUT2D eigenvalue weighted by Crippen LogP contribution is 2.15. The van der Waals surface area contributed by atoms with E-state index in [2.05, 4.69) is 49.2 Å². The summed E-state index contributed by atoms with van der Waals surface area (Å²) in [6.07, 6.45) is 4.20. The van der Waals surface area contributed by atoms with E-state index in [-0.39, 0.29) is 5.91 Å². The number of carbonyl (C=O) groups excluding carboxylic acids is 1. The van der Waals surface area contributed by atoms with Crippen molar-refractivity contribution in [3.63, 3.8) is 0 Å². The van der Waals surface area contributed by atoms with Crippen LogP contribution in [-0.4, -0.2) is 29.9 Å². The molecule has 0 radical (unpaired) electrons. The zero-order valence-electron chi connectivity index (χ0n) is 13.6. The molecule has 0 bridgehead atoms. The van der Waals surface area contributed by atoms with Crippen molar-refractivity contribution in [2.24, 2.45) is 0 Å². The lowest BCUT2D eigenvalue weighted by Crippen LogP contribution is -2.32. The molecule has 21 heavy (non-hydrogen) atoms. The number of hydrogen-bond acceptors (Lipinski definition) is 2. The molecule has 1 aliphatic heterocycles. The summed E-state index contributed by atoms with van der Waals surface area (Å²) in [5, 5.41) is 3.06. The standard InChI is InChI=1S/C18H28N2O/c1-14-6-7-15(2)17(12-14)13-19-18(21)9-8-16(3)20-10-4-5-11-20/h6-7,12,16H,4-5,8-11,13H2,1-3H3,(H,19,21)/t16-/m0/s1. The predicted octanol–water partition coefficient (Wildman–Crippen LogP) is 3.18. The molecule has 1 heterocycles. The summed E-state index contributed by atoms with van der Waals surface area (Å²) in [7, 11) is 0. The summed E-state index contributed by atoms with van der Waals surface area (Å²) < 4.78 is 0. The van der Waals surface area contributed by atoms with E-state index >= 15 is 0 Å². The minimum atomic E-state index is 0.168. The van der Waals surface area contributed by atoms with Crippen LogP contribution in [0.15, 0.2) is 18.2 Å². The molecule has 1 aliphatic rings. The highest BCUT2D eigenvalue weighted by atomic mass is 16.1. The van der Waals surface area contributed by atoms with Crippen molar-refractivity contribution >= 4 is 5.91 Å². The van der Waals surface area contributed by atoms with Crippen LogP contribution in [-0.2, 0) is 11.3 Å². The summed E-state index contributed by atoms with van der Waals surface area (Å²) >= 11 is 0. The van der Waals surface area contributed by atoms with Gasteiger partial charge in [-0.3, -0.25) is 4.79 Å². The van der Waals surface area contributed by atoms with Gasteiger partial charge in [0.1, 0.15) is 0 Å². The second-order valence-corrected chi connectivity index (χ2v) is 6.34. The summed E-state index contributed by atoms with van der Waals surface area (Å²) in [6.45, 7) is 9.46. The molecule has 0 aliphatic carbocycles. The molecule has 3 heteroatoms. The van der Waals surface area contributed by atoms with E-state index < -0.39 is 0 Å². The Balaban J connectivity index is 1.73. The Labute approximate surface area is 128 Å². The van der Waals surface area contributed by atoms with E-state index in [0.29, 0.717) is 19.0 Å². The van der Waals surface area contributed by atoms with Crippen LogP contribution < -0.4 is 5.32 Å². The molecule has 1 N–H and O–H groups in total. The van der Waals surface area contributed by atoms with Crippen molar-refractivity contribution in [2.45, 2.75) is 59.0 Å². The number of amides is 1. The van der Waals surface area contributed by atoms with Crippen molar-refractivity contribution in [3.8, 4) is 0 Å². The Morgan fingerprint density at radius 1 is 1.29 bits per heavy atom. The lowest BCUT2D eigenvalue weighted by molar-refractivity contribution is -0.121. The molecular weight excluding hydrogens is 260 g/mol. The van der Waals surface area contributed by atoms with Gasteiger partial charge in [0.25, 0.3) is 0 Å². The minimum Gasteiger partial charge on any atom is -0.352 e. The smallest absolute Gasteiger partial charge is 0.220 e. The summed E-state index contributed by atoms with van der Waals surface area (Å²) in [4.78, 5) is 14.5. The van der Waals surface area contributed by atoms with Crippen molar-refractivity contribution in [3.05, 3.63) is 34.9 Å². The third-order valence-electron chi connectivity index (χ3n) is 4.53. The molecule has 0 saturated carbocycles. The van der Waals surface area contributed by atoms with E-state index in [1.807, 2.05) is 0 Å². The van der Waals surface area contributed by atoms with Crippen molar-refractivity contribution < 1.29 is 4.79 Å². The van der Waals surface area contributed by atoms with E-state index in [9.17, 15) is 4.79 Å². The minimum absolute atomic E-state index is 0.168. The first-order chi connectivity index (χ1) is 10.1. The van der Waals surface area contributed by atoms with Gasteiger partial charge in [-0.15, -0.1) is 0 Å². The van der Waals surface area contributed by atoms with E-state index in [1.165, 1.54) is 42.6 Å². The van der Waals surface area contributed by atoms with Gasteiger partial charge in [0.05, 0.1) is 0 Å². The average Bonchev–Trinajstić information content (AvgIpc) is 3.00. The number of benzene rings is 1. The van der Waals surface area contributed by atoms with Crippen molar-refractivity contribution in [1.29, 1.82) is 0 Å². The number of hydrogen-bond donors (Lipinski definition) is 1. The Bertz CT molecular complexity index is 478. The van der Waals surface area contributed by atoms with E-state index in [0.717, 1.165) is 6.42 Å². The van der Waals surface area contributed by atoms with Crippen LogP contribution in [0.2, 0.25) is 0 Å². The van der Waals surface area contributed by atoms with Crippen LogP contribution >= 0.6 is 0 Å². The maximum absolute atomic E-state index is 12.0. The largest absolute Gasteiger partial charge is 0.352 e. The lowest BCUT2D eigenvalue weighted by atomic mass is 10.1. The fourth-order valence-electron chi connectivity index (χ4n) is 2.98. The van der Waals surface area contributed by atoms with Gasteiger partial charge in [0, 0.05) is 19.0 Å². The van der Waals surface area contributed by atoms with Crippen LogP contribution in [0.25, 0.3) is 0 Å². The highest BCUT2D eigenvalue weighted by molar-refractivity contribution is 5.75. The number of likely N-dealkylation sites (tertiary alicyclic amines) is 1. The van der Waals surface area contributed by atoms with Gasteiger partial charge in [-0.25, -0.2) is 0 Å². The summed E-state index contributed by atoms with van der Waals surface area (Å²) in [6, 6.07) is 6.91. The zero-order chi connectivity index (χ0) is 15.2. The Hall–Kier alpha value is -1.35. The second-order valence-electron chi connectivity index (χ2n) is 6.34. The first-order valence-electron chi connectivity index (χ1n) is 8.13. The van der Waals surface area contributed by atoms with Crippen molar-refractivity contribution in [2.75, 3.05) is 13.1 Å². The molecule has 0 unspecified atom stereocenters. The van der Waals surface area contributed by atoms with Gasteiger partial charge in [-0.05, 0) is 64.3 Å². The third kappa shape index (κ3) is 4.85. The molecule has 2 rings (SSSR count). The fraction of sp³-hybridized carbons (Fsp3) is 0.611. The number of aryl methyl sites for hydroxylation is 2. The topological polar surface area (TPSA) is 32.3 Å². The van der Waals surface area contributed by atoms with Crippen LogP contribution in [0.3, 0.4) is 0 Å². The van der Waals surface area contributed by atoms with Gasteiger partial charge < -0.3 is 10.2 Å². The van der Waals surface area contributed by atoms with Crippen LogP contribution in [0, 0.1) is 13.8 Å². The number of nitrogens with one attached hydrogen (secondary N) is 1. The molecule has 1 aromatic carbocycles. The Kier molecular flexibility index (Phi) is 5.80. The summed E-state index contributed by atoms with van der Waals surface area (Å²) in [5.74, 6) is 0.168. The monoisotopic (exact) mass is 288 g/mol. The van der Waals surface area contributed by atoms with Gasteiger partial charge >= 0.3 is 0 Å². The van der Waals surface area contributed by atoms with Crippen LogP contribution in [0.4, 0.5) is 0 Å². The molecule has 1 aromatic rings. The number of rotatable bonds is 6. The quantitative estimate of drug-likeness (QED) is 0.872. The Morgan fingerprint density at radius 2 is 2.00 bits per heavy atom. The third-order valence-corrected chi connectivity index (χ3v) is 4.53. The molecular formula is C18H28N2O. The molecule has 0 spiro atoms. The SMILES string of the molecule is Cc1ccc(C)c(CNC(=O)CC[C@H](C)N2CCCC2)c1. The number of carbonyl (C=O) groups is 1. The molecule has 1 atom stereocenters. The highest BCUT2D eigenvalue weighted by Gasteiger charge is 2.18. The maximum Gasteiger partial charge on any atom is 0.220 e. The van der Waals surface area contributed by atoms with Gasteiger partial charge in [-0.2, -0.15) is 0 Å². The molecule has 1 amide bonds. The normalized spacial score (nSPS) is 16.9. The second kappa shape index (κ2) is 7.60. The first-order valence-corrected chi connectivity index (χ1v) is 8.13. The fourth-order valence-corrected chi connectivity index (χ4v) is 2.98. The Morgan fingerprint density at radius 3 is 2.71 bits per heavy atom.